The first-order valence-corrected chi connectivity index (χ1v) is 10.2. The molecule has 2 N–H and O–H groups in total. The minimum Gasteiger partial charge on any atom is -0.322 e. The van der Waals surface area contributed by atoms with Crippen molar-refractivity contribution in [3.8, 4) is 0 Å². The molecule has 0 fully saturated rings. The maximum Gasteiger partial charge on any atom is 0.262 e. The van der Waals surface area contributed by atoms with Gasteiger partial charge in [0.2, 0.25) is 0 Å². The number of halogens is 3. The van der Waals surface area contributed by atoms with E-state index < -0.39 is 33.1 Å². The summed E-state index contributed by atoms with van der Waals surface area (Å²) < 4.78 is 55.1. The van der Waals surface area contributed by atoms with E-state index >= 15 is 0 Å². The van der Waals surface area contributed by atoms with Gasteiger partial charge >= 0.3 is 0 Å². The molecule has 0 bridgehead atoms. The number of nitrogens with one attached hydrogen (secondary N) is 2. The van der Waals surface area contributed by atoms with E-state index in [9.17, 15) is 22.0 Å². The maximum atomic E-state index is 13.8. The molecule has 3 rings (SSSR count). The van der Waals surface area contributed by atoms with Crippen LogP contribution in [0.25, 0.3) is 0 Å². The standard InChI is InChI=1S/C20H15ClF2N2O3S/c1-12-9-10-13(24-20(26)14-5-4-7-16(22)19(14)23)11-18(12)29(27,28)25-17-8-3-2-6-15(17)21/h2-11,25H,1H3,(H,24,26). The summed E-state index contributed by atoms with van der Waals surface area (Å²) in [4.78, 5) is 12.2. The van der Waals surface area contributed by atoms with Gasteiger partial charge in [0.1, 0.15) is 0 Å². The van der Waals surface area contributed by atoms with Gasteiger partial charge in [0, 0.05) is 5.69 Å². The zero-order chi connectivity index (χ0) is 21.2. The minimum absolute atomic E-state index is 0.101. The second-order valence-electron chi connectivity index (χ2n) is 6.12. The number of carbonyl (C=O) groups is 1. The molecule has 0 atom stereocenters. The highest BCUT2D eigenvalue weighted by molar-refractivity contribution is 7.92. The average molecular weight is 437 g/mol. The van der Waals surface area contributed by atoms with E-state index in [-0.39, 0.29) is 21.3 Å². The van der Waals surface area contributed by atoms with Gasteiger partial charge in [0.25, 0.3) is 15.9 Å². The number of hydrogen-bond acceptors (Lipinski definition) is 3. The molecule has 0 radical (unpaired) electrons. The van der Waals surface area contributed by atoms with Crippen molar-refractivity contribution in [3.63, 3.8) is 0 Å². The number of benzene rings is 3. The summed E-state index contributed by atoms with van der Waals surface area (Å²) in [6.07, 6.45) is 0. The summed E-state index contributed by atoms with van der Waals surface area (Å²) in [6, 6.07) is 13.7. The van der Waals surface area contributed by atoms with Crippen LogP contribution in [0, 0.1) is 18.6 Å². The summed E-state index contributed by atoms with van der Waals surface area (Å²) in [7, 11) is -4.02. The lowest BCUT2D eigenvalue weighted by atomic mass is 10.1. The highest BCUT2D eigenvalue weighted by Crippen LogP contribution is 2.27. The van der Waals surface area contributed by atoms with E-state index in [2.05, 4.69) is 10.0 Å². The molecule has 0 aliphatic heterocycles. The van der Waals surface area contributed by atoms with Crippen LogP contribution in [0.2, 0.25) is 5.02 Å². The number of aryl methyl sites for hydroxylation is 1. The molecule has 0 saturated heterocycles. The molecule has 0 heterocycles. The zero-order valence-corrected chi connectivity index (χ0v) is 16.6. The van der Waals surface area contributed by atoms with E-state index in [4.69, 9.17) is 11.6 Å². The number of amides is 1. The van der Waals surface area contributed by atoms with Crippen LogP contribution in [0.4, 0.5) is 20.2 Å². The third kappa shape index (κ3) is 4.55. The van der Waals surface area contributed by atoms with Crippen LogP contribution in [0.1, 0.15) is 15.9 Å². The van der Waals surface area contributed by atoms with Gasteiger partial charge in [-0.1, -0.05) is 35.9 Å². The van der Waals surface area contributed by atoms with E-state index in [0.717, 1.165) is 12.1 Å². The Morgan fingerprint density at radius 3 is 2.45 bits per heavy atom. The lowest BCUT2D eigenvalue weighted by Crippen LogP contribution is -2.17. The molecular weight excluding hydrogens is 422 g/mol. The monoisotopic (exact) mass is 436 g/mol. The first-order chi connectivity index (χ1) is 13.7. The molecule has 0 aliphatic rings. The molecule has 0 saturated carbocycles. The van der Waals surface area contributed by atoms with Crippen molar-refractivity contribution in [1.29, 1.82) is 0 Å². The molecule has 3 aromatic rings. The topological polar surface area (TPSA) is 75.3 Å². The van der Waals surface area contributed by atoms with Gasteiger partial charge in [0.15, 0.2) is 11.6 Å². The van der Waals surface area contributed by atoms with Crippen molar-refractivity contribution >= 4 is 38.9 Å². The third-order valence-electron chi connectivity index (χ3n) is 4.05. The molecule has 0 aliphatic carbocycles. The molecule has 29 heavy (non-hydrogen) atoms. The van der Waals surface area contributed by atoms with Crippen molar-refractivity contribution < 1.29 is 22.0 Å². The Labute approximate surface area is 171 Å². The van der Waals surface area contributed by atoms with Gasteiger partial charge in [-0.2, -0.15) is 0 Å². The van der Waals surface area contributed by atoms with Gasteiger partial charge in [-0.25, -0.2) is 17.2 Å². The van der Waals surface area contributed by atoms with Crippen LogP contribution in [-0.2, 0) is 10.0 Å². The third-order valence-corrected chi connectivity index (χ3v) is 5.89. The van der Waals surface area contributed by atoms with Crippen molar-refractivity contribution in [2.75, 3.05) is 10.0 Å². The van der Waals surface area contributed by atoms with Crippen LogP contribution in [-0.4, -0.2) is 14.3 Å². The van der Waals surface area contributed by atoms with Crippen molar-refractivity contribution in [2.24, 2.45) is 0 Å². The van der Waals surface area contributed by atoms with Crippen LogP contribution < -0.4 is 10.0 Å². The Hall–Kier alpha value is -2.97. The van der Waals surface area contributed by atoms with Gasteiger partial charge < -0.3 is 5.32 Å². The normalized spacial score (nSPS) is 11.2. The Bertz CT molecular complexity index is 1200. The molecule has 0 unspecified atom stereocenters. The van der Waals surface area contributed by atoms with E-state index in [1.165, 1.54) is 36.4 Å². The lowest BCUT2D eigenvalue weighted by Gasteiger charge is -2.13. The van der Waals surface area contributed by atoms with Crippen molar-refractivity contribution in [1.82, 2.24) is 0 Å². The fourth-order valence-electron chi connectivity index (χ4n) is 2.59. The number of carbonyl (C=O) groups excluding carboxylic acids is 1. The molecule has 9 heteroatoms. The summed E-state index contributed by atoms with van der Waals surface area (Å²) >= 11 is 6.00. The number of sulfonamides is 1. The molecule has 0 spiro atoms. The molecule has 1 amide bonds. The fraction of sp³-hybridized carbons (Fsp3) is 0.0500. The zero-order valence-electron chi connectivity index (χ0n) is 15.0. The first kappa shape index (κ1) is 20.8. The summed E-state index contributed by atoms with van der Waals surface area (Å²) in [6.45, 7) is 1.58. The van der Waals surface area contributed by atoms with Crippen LogP contribution in [0.5, 0.6) is 0 Å². The Morgan fingerprint density at radius 2 is 1.72 bits per heavy atom. The van der Waals surface area contributed by atoms with E-state index in [1.807, 2.05) is 0 Å². The molecule has 150 valence electrons. The van der Waals surface area contributed by atoms with Gasteiger partial charge in [-0.15, -0.1) is 0 Å². The molecule has 5 nitrogen and oxygen atoms in total. The summed E-state index contributed by atoms with van der Waals surface area (Å²) in [5.74, 6) is -3.35. The van der Waals surface area contributed by atoms with Gasteiger partial charge in [-0.3, -0.25) is 9.52 Å². The predicted molar refractivity (Wildman–Crippen MR) is 108 cm³/mol. The molecule has 0 aromatic heterocycles. The van der Waals surface area contributed by atoms with E-state index in [0.29, 0.717) is 5.56 Å². The number of anilines is 2. The largest absolute Gasteiger partial charge is 0.322 e. The van der Waals surface area contributed by atoms with E-state index in [1.54, 1.807) is 19.1 Å². The second-order valence-corrected chi connectivity index (χ2v) is 8.18. The van der Waals surface area contributed by atoms with Gasteiger partial charge in [0.05, 0.1) is 21.2 Å². The number of para-hydroxylation sites is 1. The predicted octanol–water partition coefficient (Wildman–Crippen LogP) is 4.98. The highest BCUT2D eigenvalue weighted by Gasteiger charge is 2.20. The van der Waals surface area contributed by atoms with Crippen molar-refractivity contribution in [2.45, 2.75) is 11.8 Å². The molecular formula is C20H15ClF2N2O3S. The number of hydrogen-bond donors (Lipinski definition) is 2. The fourth-order valence-corrected chi connectivity index (χ4v) is 4.18. The summed E-state index contributed by atoms with van der Waals surface area (Å²) in [5, 5.41) is 2.60. The van der Waals surface area contributed by atoms with Crippen molar-refractivity contribution in [3.05, 3.63) is 88.4 Å². The highest BCUT2D eigenvalue weighted by atomic mass is 35.5. The Kier molecular flexibility index (Phi) is 5.86. The Morgan fingerprint density at radius 1 is 1.00 bits per heavy atom. The SMILES string of the molecule is Cc1ccc(NC(=O)c2cccc(F)c2F)cc1S(=O)(=O)Nc1ccccc1Cl. The lowest BCUT2D eigenvalue weighted by molar-refractivity contribution is 0.102. The average Bonchev–Trinajstić information content (AvgIpc) is 2.67. The maximum absolute atomic E-state index is 13.8. The van der Waals surface area contributed by atoms with Crippen LogP contribution in [0.15, 0.2) is 65.6 Å². The summed E-state index contributed by atoms with van der Waals surface area (Å²) in [5.41, 5.74) is 0.220. The van der Waals surface area contributed by atoms with Crippen LogP contribution >= 0.6 is 11.6 Å². The first-order valence-electron chi connectivity index (χ1n) is 8.32. The Balaban J connectivity index is 1.91. The second kappa shape index (κ2) is 8.18. The smallest absolute Gasteiger partial charge is 0.262 e. The number of rotatable bonds is 5. The quantitative estimate of drug-likeness (QED) is 0.592. The van der Waals surface area contributed by atoms with Crippen LogP contribution in [0.3, 0.4) is 0 Å². The molecule has 3 aromatic carbocycles. The van der Waals surface area contributed by atoms with Gasteiger partial charge in [-0.05, 0) is 48.9 Å². The minimum atomic E-state index is -4.02.